The summed E-state index contributed by atoms with van der Waals surface area (Å²) in [5.41, 5.74) is 0.214. The van der Waals surface area contributed by atoms with E-state index in [1.54, 1.807) is 19.3 Å². The average Bonchev–Trinajstić information content (AvgIpc) is 3.11. The number of anilines is 1. The van der Waals surface area contributed by atoms with Crippen LogP contribution in [-0.4, -0.2) is 42.4 Å². The van der Waals surface area contributed by atoms with Crippen LogP contribution in [0.3, 0.4) is 0 Å². The van der Waals surface area contributed by atoms with Crippen molar-refractivity contribution >= 4 is 11.6 Å². The van der Waals surface area contributed by atoms with Gasteiger partial charge in [0.2, 0.25) is 11.2 Å². The Morgan fingerprint density at radius 1 is 1.42 bits per heavy atom. The maximum atomic E-state index is 12.1. The summed E-state index contributed by atoms with van der Waals surface area (Å²) in [4.78, 5) is 37.6. The Kier molecular flexibility index (Phi) is 5.06. The van der Waals surface area contributed by atoms with Crippen molar-refractivity contribution < 1.29 is 13.9 Å². The summed E-state index contributed by atoms with van der Waals surface area (Å²) in [7, 11) is 2.96. The molecule has 3 rings (SSSR count). The normalized spacial score (nSPS) is 16.5. The average molecular weight is 360 g/mol. The van der Waals surface area contributed by atoms with E-state index in [4.69, 9.17) is 9.15 Å². The molecule has 1 aliphatic heterocycles. The van der Waals surface area contributed by atoms with E-state index < -0.39 is 11.3 Å². The molecule has 2 aromatic heterocycles. The van der Waals surface area contributed by atoms with Gasteiger partial charge >= 0.3 is 0 Å². The first-order chi connectivity index (χ1) is 12.5. The molecule has 1 atom stereocenters. The Hall–Kier alpha value is -3.10. The highest BCUT2D eigenvalue weighted by atomic mass is 16.5. The van der Waals surface area contributed by atoms with E-state index >= 15 is 0 Å². The number of ether oxygens (including phenoxy) is 1. The van der Waals surface area contributed by atoms with Crippen LogP contribution in [0.2, 0.25) is 0 Å². The molecule has 1 saturated heterocycles. The molecule has 0 bridgehead atoms. The number of rotatable bonds is 5. The van der Waals surface area contributed by atoms with Crippen molar-refractivity contribution in [3.05, 3.63) is 50.9 Å². The van der Waals surface area contributed by atoms with Crippen LogP contribution in [0.5, 0.6) is 5.75 Å². The van der Waals surface area contributed by atoms with Gasteiger partial charge in [-0.25, -0.2) is 4.68 Å². The molecule has 9 heteroatoms. The zero-order valence-corrected chi connectivity index (χ0v) is 14.6. The second-order valence-electron chi connectivity index (χ2n) is 6.16. The Morgan fingerprint density at radius 3 is 2.92 bits per heavy atom. The Balaban J connectivity index is 1.56. The molecule has 26 heavy (non-hydrogen) atoms. The summed E-state index contributed by atoms with van der Waals surface area (Å²) in [6.07, 6.45) is 3.66. The lowest BCUT2D eigenvalue weighted by Crippen LogP contribution is -2.31. The quantitative estimate of drug-likeness (QED) is 0.800. The summed E-state index contributed by atoms with van der Waals surface area (Å²) in [6.45, 7) is 1.94. The summed E-state index contributed by atoms with van der Waals surface area (Å²) in [5.74, 6) is -0.219. The van der Waals surface area contributed by atoms with Crippen LogP contribution in [0.4, 0.5) is 5.69 Å². The van der Waals surface area contributed by atoms with Gasteiger partial charge in [0.05, 0.1) is 19.0 Å². The molecular weight excluding hydrogens is 340 g/mol. The fourth-order valence-corrected chi connectivity index (χ4v) is 2.86. The molecular formula is C17H20N4O5. The number of hydrogen-bond donors (Lipinski definition) is 1. The van der Waals surface area contributed by atoms with E-state index in [0.29, 0.717) is 13.1 Å². The van der Waals surface area contributed by atoms with Crippen LogP contribution in [0.1, 0.15) is 17.0 Å². The minimum absolute atomic E-state index is 0.0515. The van der Waals surface area contributed by atoms with Crippen LogP contribution in [0.25, 0.3) is 0 Å². The third-order valence-corrected chi connectivity index (χ3v) is 4.40. The van der Waals surface area contributed by atoms with E-state index in [2.05, 4.69) is 15.3 Å². The van der Waals surface area contributed by atoms with Gasteiger partial charge in [-0.2, -0.15) is 5.10 Å². The van der Waals surface area contributed by atoms with Gasteiger partial charge in [0, 0.05) is 38.8 Å². The van der Waals surface area contributed by atoms with Crippen molar-refractivity contribution in [2.75, 3.05) is 31.6 Å². The first kappa shape index (κ1) is 17.7. The van der Waals surface area contributed by atoms with Crippen LogP contribution < -0.4 is 25.9 Å². The van der Waals surface area contributed by atoms with E-state index in [1.807, 2.05) is 0 Å². The molecule has 0 radical (unpaired) electrons. The Bertz CT molecular complexity index is 920. The third kappa shape index (κ3) is 3.76. The minimum Gasteiger partial charge on any atom is -0.490 e. The first-order valence-corrected chi connectivity index (χ1v) is 8.21. The van der Waals surface area contributed by atoms with E-state index in [-0.39, 0.29) is 23.0 Å². The lowest BCUT2D eigenvalue weighted by molar-refractivity contribution is 0.0917. The van der Waals surface area contributed by atoms with Gasteiger partial charge in [-0.3, -0.25) is 14.4 Å². The lowest BCUT2D eigenvalue weighted by atomic mass is 10.1. The molecule has 0 spiro atoms. The number of amides is 1. The van der Waals surface area contributed by atoms with Crippen molar-refractivity contribution in [2.24, 2.45) is 13.0 Å². The number of aromatic nitrogens is 2. The maximum absolute atomic E-state index is 12.1. The van der Waals surface area contributed by atoms with Crippen molar-refractivity contribution in [2.45, 2.75) is 6.42 Å². The number of nitrogens with one attached hydrogen (secondary N) is 1. The summed E-state index contributed by atoms with van der Waals surface area (Å²) in [6, 6.07) is 2.67. The fourth-order valence-electron chi connectivity index (χ4n) is 2.86. The highest BCUT2D eigenvalue weighted by Gasteiger charge is 2.24. The highest BCUT2D eigenvalue weighted by molar-refractivity contribution is 5.91. The number of hydrogen-bond acceptors (Lipinski definition) is 7. The molecule has 0 aliphatic carbocycles. The number of methoxy groups -OCH3 is 1. The minimum atomic E-state index is -0.446. The zero-order chi connectivity index (χ0) is 18.7. The molecule has 0 aromatic carbocycles. The topological polar surface area (TPSA) is 107 Å². The van der Waals surface area contributed by atoms with Crippen molar-refractivity contribution in [3.63, 3.8) is 0 Å². The Morgan fingerprint density at radius 2 is 2.23 bits per heavy atom. The van der Waals surface area contributed by atoms with Crippen LogP contribution in [0.15, 0.2) is 38.6 Å². The van der Waals surface area contributed by atoms with Crippen molar-refractivity contribution in [1.82, 2.24) is 15.1 Å². The summed E-state index contributed by atoms with van der Waals surface area (Å²) < 4.78 is 11.2. The molecule has 3 heterocycles. The van der Waals surface area contributed by atoms with Gasteiger partial charge in [0.25, 0.3) is 11.5 Å². The number of nitrogens with zero attached hydrogens (tertiary/aromatic N) is 3. The second kappa shape index (κ2) is 7.42. The van der Waals surface area contributed by atoms with Crippen LogP contribution in [0, 0.1) is 5.92 Å². The van der Waals surface area contributed by atoms with Crippen LogP contribution in [-0.2, 0) is 7.05 Å². The molecule has 138 valence electrons. The van der Waals surface area contributed by atoms with E-state index in [9.17, 15) is 14.4 Å². The largest absolute Gasteiger partial charge is 0.490 e. The SMILES string of the molecule is COc1coc(C(=O)NC[C@H]2CCN(c3cnn(C)c(=O)c3)C2)cc1=O. The second-order valence-corrected chi connectivity index (χ2v) is 6.16. The molecule has 0 saturated carbocycles. The predicted octanol–water partition coefficient (Wildman–Crippen LogP) is -0.00160. The number of aryl methyl sites for hydroxylation is 1. The monoisotopic (exact) mass is 360 g/mol. The Labute approximate surface area is 149 Å². The molecule has 1 aliphatic rings. The standard InChI is InChI=1S/C17H20N4O5/c1-20-16(23)5-12(8-19-20)21-4-3-11(9-21)7-18-17(24)14-6-13(22)15(25-2)10-26-14/h5-6,8,10-11H,3-4,7,9H2,1-2H3,(H,18,24)/t11-/m1/s1. The summed E-state index contributed by atoms with van der Waals surface area (Å²) in [5, 5.41) is 6.80. The van der Waals surface area contributed by atoms with Gasteiger partial charge in [-0.05, 0) is 12.3 Å². The maximum Gasteiger partial charge on any atom is 0.287 e. The molecule has 9 nitrogen and oxygen atoms in total. The third-order valence-electron chi connectivity index (χ3n) is 4.40. The van der Waals surface area contributed by atoms with Crippen LogP contribution >= 0.6 is 0 Å². The molecule has 2 aromatic rings. The summed E-state index contributed by atoms with van der Waals surface area (Å²) >= 11 is 0. The highest BCUT2D eigenvalue weighted by Crippen LogP contribution is 2.21. The number of carbonyl (C=O) groups excluding carboxylic acids is 1. The fraction of sp³-hybridized carbons (Fsp3) is 0.412. The number of carbonyl (C=O) groups is 1. The van der Waals surface area contributed by atoms with E-state index in [1.165, 1.54) is 11.8 Å². The van der Waals surface area contributed by atoms with Gasteiger partial charge in [-0.1, -0.05) is 0 Å². The van der Waals surface area contributed by atoms with Crippen molar-refractivity contribution in [3.8, 4) is 5.75 Å². The van der Waals surface area contributed by atoms with Gasteiger partial charge < -0.3 is 19.4 Å². The zero-order valence-electron chi connectivity index (χ0n) is 14.6. The molecule has 0 unspecified atom stereocenters. The first-order valence-electron chi connectivity index (χ1n) is 8.21. The van der Waals surface area contributed by atoms with E-state index in [0.717, 1.165) is 31.0 Å². The smallest absolute Gasteiger partial charge is 0.287 e. The predicted molar refractivity (Wildman–Crippen MR) is 93.7 cm³/mol. The molecule has 1 N–H and O–H groups in total. The molecule has 1 amide bonds. The lowest BCUT2D eigenvalue weighted by Gasteiger charge is -2.18. The van der Waals surface area contributed by atoms with Gasteiger partial charge in [-0.15, -0.1) is 0 Å². The van der Waals surface area contributed by atoms with Gasteiger partial charge in [0.15, 0.2) is 5.76 Å². The van der Waals surface area contributed by atoms with Crippen molar-refractivity contribution in [1.29, 1.82) is 0 Å². The van der Waals surface area contributed by atoms with Gasteiger partial charge in [0.1, 0.15) is 6.26 Å². The molecule has 1 fully saturated rings.